The van der Waals surface area contributed by atoms with Gasteiger partial charge < -0.3 is 4.52 Å². The van der Waals surface area contributed by atoms with Crippen molar-refractivity contribution in [1.29, 1.82) is 0 Å². The first-order valence-electron chi connectivity index (χ1n) is 4.81. The summed E-state index contributed by atoms with van der Waals surface area (Å²) < 4.78 is 17.6. The first-order chi connectivity index (χ1) is 5.93. The van der Waals surface area contributed by atoms with E-state index in [4.69, 9.17) is 4.52 Å². The zero-order valence-electron chi connectivity index (χ0n) is 8.96. The van der Waals surface area contributed by atoms with Crippen molar-refractivity contribution in [2.75, 3.05) is 18.9 Å². The molecular formula is C10H19O2P. The van der Waals surface area contributed by atoms with Crippen LogP contribution in [0.4, 0.5) is 0 Å². The lowest BCUT2D eigenvalue weighted by Gasteiger charge is -2.14. The van der Waals surface area contributed by atoms with Gasteiger partial charge in [0.15, 0.2) is 0 Å². The SMILES string of the molecule is CC1=C(C)CP(=O)(OCC(C)C)C1. The Hall–Kier alpha value is -0.0700. The van der Waals surface area contributed by atoms with E-state index in [0.29, 0.717) is 24.8 Å². The van der Waals surface area contributed by atoms with Crippen molar-refractivity contribution in [2.24, 2.45) is 5.92 Å². The van der Waals surface area contributed by atoms with E-state index in [1.54, 1.807) is 0 Å². The van der Waals surface area contributed by atoms with Gasteiger partial charge in [0, 0.05) is 12.3 Å². The molecule has 1 rings (SSSR count). The molecule has 0 amide bonds. The van der Waals surface area contributed by atoms with Crippen molar-refractivity contribution >= 4 is 7.37 Å². The van der Waals surface area contributed by atoms with Gasteiger partial charge in [-0.1, -0.05) is 25.0 Å². The third-order valence-electron chi connectivity index (χ3n) is 2.33. The van der Waals surface area contributed by atoms with Crippen LogP contribution in [0.15, 0.2) is 11.1 Å². The Labute approximate surface area is 80.8 Å². The van der Waals surface area contributed by atoms with Crippen LogP contribution in [0.3, 0.4) is 0 Å². The lowest BCUT2D eigenvalue weighted by Crippen LogP contribution is -2.02. The van der Waals surface area contributed by atoms with Gasteiger partial charge in [-0.15, -0.1) is 0 Å². The summed E-state index contributed by atoms with van der Waals surface area (Å²) in [4.78, 5) is 0. The van der Waals surface area contributed by atoms with Gasteiger partial charge in [0.2, 0.25) is 7.37 Å². The Morgan fingerprint density at radius 2 is 1.77 bits per heavy atom. The lowest BCUT2D eigenvalue weighted by molar-refractivity contribution is 0.273. The van der Waals surface area contributed by atoms with Crippen LogP contribution >= 0.6 is 7.37 Å². The predicted octanol–water partition coefficient (Wildman–Crippen LogP) is 3.29. The molecule has 0 saturated heterocycles. The average molecular weight is 202 g/mol. The molecule has 0 aromatic rings. The van der Waals surface area contributed by atoms with E-state index in [1.807, 2.05) is 13.8 Å². The van der Waals surface area contributed by atoms with E-state index in [9.17, 15) is 4.57 Å². The minimum Gasteiger partial charge on any atom is -0.328 e. The maximum Gasteiger partial charge on any atom is 0.211 e. The summed E-state index contributed by atoms with van der Waals surface area (Å²) in [7, 11) is -2.31. The summed E-state index contributed by atoms with van der Waals surface area (Å²) in [6.07, 6.45) is 1.34. The minimum atomic E-state index is -2.31. The van der Waals surface area contributed by atoms with Crippen LogP contribution in [0.2, 0.25) is 0 Å². The number of hydrogen-bond acceptors (Lipinski definition) is 2. The van der Waals surface area contributed by atoms with Crippen LogP contribution in [0.1, 0.15) is 27.7 Å². The van der Waals surface area contributed by atoms with Gasteiger partial charge in [-0.3, -0.25) is 4.57 Å². The zero-order chi connectivity index (χ0) is 10.1. The third-order valence-corrected chi connectivity index (χ3v) is 4.86. The molecule has 0 fully saturated rings. The Bertz CT molecular complexity index is 248. The van der Waals surface area contributed by atoms with E-state index in [-0.39, 0.29) is 0 Å². The van der Waals surface area contributed by atoms with Gasteiger partial charge in [-0.2, -0.15) is 0 Å². The molecule has 0 aliphatic carbocycles. The Morgan fingerprint density at radius 3 is 2.15 bits per heavy atom. The van der Waals surface area contributed by atoms with Crippen LogP contribution < -0.4 is 0 Å². The van der Waals surface area contributed by atoms with Crippen molar-refractivity contribution in [2.45, 2.75) is 27.7 Å². The molecule has 0 atom stereocenters. The highest BCUT2D eigenvalue weighted by Gasteiger charge is 2.30. The zero-order valence-corrected chi connectivity index (χ0v) is 9.86. The molecule has 1 aliphatic rings. The van der Waals surface area contributed by atoms with Crippen molar-refractivity contribution in [3.63, 3.8) is 0 Å². The summed E-state index contributed by atoms with van der Waals surface area (Å²) in [6, 6.07) is 0. The highest BCUT2D eigenvalue weighted by atomic mass is 31.2. The summed E-state index contributed by atoms with van der Waals surface area (Å²) in [5, 5.41) is 0. The smallest absolute Gasteiger partial charge is 0.211 e. The lowest BCUT2D eigenvalue weighted by atomic mass is 10.2. The monoisotopic (exact) mass is 202 g/mol. The molecule has 2 nitrogen and oxygen atoms in total. The quantitative estimate of drug-likeness (QED) is 0.518. The molecule has 3 heteroatoms. The van der Waals surface area contributed by atoms with Gasteiger partial charge in [0.05, 0.1) is 6.61 Å². The van der Waals surface area contributed by atoms with Crippen molar-refractivity contribution < 1.29 is 9.09 Å². The van der Waals surface area contributed by atoms with E-state index in [2.05, 4.69) is 13.8 Å². The Morgan fingerprint density at radius 1 is 1.31 bits per heavy atom. The molecule has 13 heavy (non-hydrogen) atoms. The summed E-state index contributed by atoms with van der Waals surface area (Å²) in [5.41, 5.74) is 2.51. The summed E-state index contributed by atoms with van der Waals surface area (Å²) in [6.45, 7) is 8.88. The standard InChI is InChI=1S/C10H19O2P/c1-8(2)5-12-13(11)6-9(3)10(4)7-13/h8H,5-7H2,1-4H3. The van der Waals surface area contributed by atoms with Crippen LogP contribution in [0, 0.1) is 5.92 Å². The predicted molar refractivity (Wildman–Crippen MR) is 56.5 cm³/mol. The molecule has 0 unspecified atom stereocenters. The second kappa shape index (κ2) is 3.98. The van der Waals surface area contributed by atoms with E-state index >= 15 is 0 Å². The largest absolute Gasteiger partial charge is 0.328 e. The summed E-state index contributed by atoms with van der Waals surface area (Å²) in [5.74, 6) is 0.465. The maximum atomic E-state index is 12.1. The molecular weight excluding hydrogens is 183 g/mol. The third kappa shape index (κ3) is 2.96. The van der Waals surface area contributed by atoms with Crippen molar-refractivity contribution in [1.82, 2.24) is 0 Å². The highest BCUT2D eigenvalue weighted by Crippen LogP contribution is 2.55. The number of hydrogen-bond donors (Lipinski definition) is 0. The van der Waals surface area contributed by atoms with Crippen molar-refractivity contribution in [3.8, 4) is 0 Å². The van der Waals surface area contributed by atoms with Crippen LogP contribution in [-0.2, 0) is 9.09 Å². The highest BCUT2D eigenvalue weighted by molar-refractivity contribution is 7.59. The molecule has 0 radical (unpaired) electrons. The van der Waals surface area contributed by atoms with E-state index in [1.165, 1.54) is 11.1 Å². The minimum absolute atomic E-state index is 0.465. The van der Waals surface area contributed by atoms with Gasteiger partial charge in [-0.25, -0.2) is 0 Å². The molecule has 0 aromatic carbocycles. The molecule has 0 spiro atoms. The Balaban J connectivity index is 2.49. The van der Waals surface area contributed by atoms with Gasteiger partial charge >= 0.3 is 0 Å². The van der Waals surface area contributed by atoms with Gasteiger partial charge in [-0.05, 0) is 19.8 Å². The molecule has 1 heterocycles. The summed E-state index contributed by atoms with van der Waals surface area (Å²) >= 11 is 0. The first kappa shape index (κ1) is 11.0. The Kier molecular flexibility index (Phi) is 3.37. The van der Waals surface area contributed by atoms with Crippen LogP contribution in [0.5, 0.6) is 0 Å². The molecule has 0 bridgehead atoms. The fourth-order valence-electron chi connectivity index (χ4n) is 1.42. The average Bonchev–Trinajstić information content (AvgIpc) is 2.24. The fraction of sp³-hybridized carbons (Fsp3) is 0.800. The van der Waals surface area contributed by atoms with Gasteiger partial charge in [0.1, 0.15) is 0 Å². The first-order valence-corrected chi connectivity index (χ1v) is 6.80. The van der Waals surface area contributed by atoms with Crippen molar-refractivity contribution in [3.05, 3.63) is 11.1 Å². The van der Waals surface area contributed by atoms with E-state index in [0.717, 1.165) is 0 Å². The van der Waals surface area contributed by atoms with Crippen LogP contribution in [-0.4, -0.2) is 18.9 Å². The van der Waals surface area contributed by atoms with E-state index < -0.39 is 7.37 Å². The molecule has 0 saturated carbocycles. The second-order valence-corrected chi connectivity index (χ2v) is 6.90. The molecule has 76 valence electrons. The maximum absolute atomic E-state index is 12.1. The number of rotatable bonds is 3. The van der Waals surface area contributed by atoms with Gasteiger partial charge in [0.25, 0.3) is 0 Å². The topological polar surface area (TPSA) is 26.3 Å². The normalized spacial score (nSPS) is 21.6. The fourth-order valence-corrected chi connectivity index (χ4v) is 4.27. The second-order valence-electron chi connectivity index (χ2n) is 4.38. The molecule has 0 N–H and O–H groups in total. The van der Waals surface area contributed by atoms with Crippen LogP contribution in [0.25, 0.3) is 0 Å². The molecule has 0 aromatic heterocycles. The number of allylic oxidation sites excluding steroid dienone is 2. The molecule has 1 aliphatic heterocycles.